The second-order valence-corrected chi connectivity index (χ2v) is 5.30. The summed E-state index contributed by atoms with van der Waals surface area (Å²) in [7, 11) is 0. The Morgan fingerprint density at radius 1 is 0.880 bits per heavy atom. The SMILES string of the molecule is O=C[C@H](CC(=O)OCc1ccccc1)NC(=O)OCc1ccccc1. The van der Waals surface area contributed by atoms with Gasteiger partial charge in [-0.05, 0) is 11.1 Å². The van der Waals surface area contributed by atoms with Crippen molar-refractivity contribution in [2.75, 3.05) is 0 Å². The molecule has 0 saturated carbocycles. The van der Waals surface area contributed by atoms with E-state index in [1.165, 1.54) is 0 Å². The zero-order chi connectivity index (χ0) is 17.9. The number of amides is 1. The van der Waals surface area contributed by atoms with Crippen molar-refractivity contribution < 1.29 is 23.9 Å². The fourth-order valence-corrected chi connectivity index (χ4v) is 2.03. The topological polar surface area (TPSA) is 81.7 Å². The lowest BCUT2D eigenvalue weighted by Gasteiger charge is -2.13. The molecule has 0 aromatic heterocycles. The summed E-state index contributed by atoms with van der Waals surface area (Å²) in [5.41, 5.74) is 1.66. The molecule has 0 saturated heterocycles. The third kappa shape index (κ3) is 6.87. The molecule has 1 N–H and O–H groups in total. The van der Waals surface area contributed by atoms with Crippen LogP contribution in [0.3, 0.4) is 0 Å². The van der Waals surface area contributed by atoms with Crippen LogP contribution < -0.4 is 5.32 Å². The molecule has 1 atom stereocenters. The third-order valence-corrected chi connectivity index (χ3v) is 3.31. The Balaban J connectivity index is 1.72. The Labute approximate surface area is 145 Å². The van der Waals surface area contributed by atoms with E-state index in [0.29, 0.717) is 6.29 Å². The molecule has 0 aliphatic rings. The van der Waals surface area contributed by atoms with Crippen LogP contribution in [0.5, 0.6) is 0 Å². The molecule has 2 aromatic carbocycles. The van der Waals surface area contributed by atoms with Crippen molar-refractivity contribution in [1.29, 1.82) is 0 Å². The van der Waals surface area contributed by atoms with Crippen LogP contribution in [0.15, 0.2) is 60.7 Å². The van der Waals surface area contributed by atoms with Gasteiger partial charge in [-0.2, -0.15) is 0 Å². The second-order valence-electron chi connectivity index (χ2n) is 5.30. The van der Waals surface area contributed by atoms with Gasteiger partial charge in [0.15, 0.2) is 0 Å². The van der Waals surface area contributed by atoms with Crippen LogP contribution >= 0.6 is 0 Å². The van der Waals surface area contributed by atoms with Crippen LogP contribution in [-0.4, -0.2) is 24.4 Å². The summed E-state index contributed by atoms with van der Waals surface area (Å²) in [6, 6.07) is 17.3. The van der Waals surface area contributed by atoms with Gasteiger partial charge >= 0.3 is 12.1 Å². The van der Waals surface area contributed by atoms with E-state index in [0.717, 1.165) is 11.1 Å². The van der Waals surface area contributed by atoms with E-state index in [1.54, 1.807) is 0 Å². The van der Waals surface area contributed by atoms with Crippen molar-refractivity contribution in [3.05, 3.63) is 71.8 Å². The maximum absolute atomic E-state index is 11.8. The second kappa shape index (κ2) is 9.87. The first-order chi connectivity index (χ1) is 12.2. The average Bonchev–Trinajstić information content (AvgIpc) is 2.66. The van der Waals surface area contributed by atoms with E-state index in [2.05, 4.69) is 5.32 Å². The molecular formula is C19H19NO5. The minimum absolute atomic E-state index is 0.0801. The van der Waals surface area contributed by atoms with Gasteiger partial charge < -0.3 is 19.6 Å². The predicted molar refractivity (Wildman–Crippen MR) is 90.5 cm³/mol. The molecule has 2 aromatic rings. The van der Waals surface area contributed by atoms with E-state index < -0.39 is 18.1 Å². The molecule has 0 aliphatic heterocycles. The van der Waals surface area contributed by atoms with Gasteiger partial charge in [-0.3, -0.25) is 4.79 Å². The minimum atomic E-state index is -0.994. The number of nitrogens with one attached hydrogen (secondary N) is 1. The van der Waals surface area contributed by atoms with Crippen molar-refractivity contribution in [1.82, 2.24) is 5.32 Å². The Bertz CT molecular complexity index is 630. The van der Waals surface area contributed by atoms with Gasteiger partial charge in [0.05, 0.1) is 12.5 Å². The lowest BCUT2D eigenvalue weighted by Crippen LogP contribution is -2.38. The number of rotatable bonds is 8. The predicted octanol–water partition coefficient (Wildman–Crippen LogP) is 2.61. The van der Waals surface area contributed by atoms with Gasteiger partial charge in [-0.15, -0.1) is 0 Å². The minimum Gasteiger partial charge on any atom is -0.461 e. The molecule has 2 rings (SSSR count). The molecule has 6 nitrogen and oxygen atoms in total. The molecule has 1 amide bonds. The molecule has 130 valence electrons. The lowest BCUT2D eigenvalue weighted by atomic mass is 10.2. The Morgan fingerprint density at radius 2 is 1.40 bits per heavy atom. The van der Waals surface area contributed by atoms with Gasteiger partial charge in [0.2, 0.25) is 0 Å². The summed E-state index contributed by atoms with van der Waals surface area (Å²) in [6.45, 7) is 0.195. The van der Waals surface area contributed by atoms with E-state index in [9.17, 15) is 14.4 Å². The fourth-order valence-electron chi connectivity index (χ4n) is 2.03. The van der Waals surface area contributed by atoms with Crippen LogP contribution in [0, 0.1) is 0 Å². The number of ether oxygens (including phenoxy) is 2. The zero-order valence-electron chi connectivity index (χ0n) is 13.6. The van der Waals surface area contributed by atoms with Crippen LogP contribution in [0.1, 0.15) is 17.5 Å². The molecule has 0 aliphatic carbocycles. The normalized spacial score (nSPS) is 11.2. The number of aldehydes is 1. The van der Waals surface area contributed by atoms with Crippen molar-refractivity contribution in [2.24, 2.45) is 0 Å². The maximum atomic E-state index is 11.8. The molecule has 6 heteroatoms. The molecule has 0 bridgehead atoms. The van der Waals surface area contributed by atoms with E-state index in [4.69, 9.17) is 9.47 Å². The number of esters is 1. The quantitative estimate of drug-likeness (QED) is 0.589. The number of carbonyl (C=O) groups excluding carboxylic acids is 3. The molecular weight excluding hydrogens is 322 g/mol. The molecule has 0 spiro atoms. The van der Waals surface area contributed by atoms with Crippen LogP contribution in [-0.2, 0) is 32.3 Å². The van der Waals surface area contributed by atoms with Crippen molar-refractivity contribution in [2.45, 2.75) is 25.7 Å². The first kappa shape index (κ1) is 18.2. The molecule has 0 fully saturated rings. The smallest absolute Gasteiger partial charge is 0.408 e. The van der Waals surface area contributed by atoms with Gasteiger partial charge in [0, 0.05) is 0 Å². The van der Waals surface area contributed by atoms with E-state index >= 15 is 0 Å². The number of benzene rings is 2. The van der Waals surface area contributed by atoms with Gasteiger partial charge in [0.1, 0.15) is 19.5 Å². The van der Waals surface area contributed by atoms with Crippen molar-refractivity contribution in [3.8, 4) is 0 Å². The highest BCUT2D eigenvalue weighted by molar-refractivity contribution is 5.79. The average molecular weight is 341 g/mol. The summed E-state index contributed by atoms with van der Waals surface area (Å²) >= 11 is 0. The first-order valence-corrected chi connectivity index (χ1v) is 7.79. The zero-order valence-corrected chi connectivity index (χ0v) is 13.6. The van der Waals surface area contributed by atoms with Crippen molar-refractivity contribution in [3.63, 3.8) is 0 Å². The highest BCUT2D eigenvalue weighted by Crippen LogP contribution is 2.04. The third-order valence-electron chi connectivity index (χ3n) is 3.31. The molecule has 0 radical (unpaired) electrons. The Hall–Kier alpha value is -3.15. The lowest BCUT2D eigenvalue weighted by molar-refractivity contribution is -0.146. The fraction of sp³-hybridized carbons (Fsp3) is 0.211. The van der Waals surface area contributed by atoms with Gasteiger partial charge in [-0.1, -0.05) is 60.7 Å². The number of alkyl carbamates (subject to hydrolysis) is 1. The standard InChI is InChI=1S/C19H19NO5/c21-12-17(11-18(22)24-13-15-7-3-1-4-8-15)20-19(23)25-14-16-9-5-2-6-10-16/h1-10,12,17H,11,13-14H2,(H,20,23)/t17-/m0/s1. The van der Waals surface area contributed by atoms with Crippen molar-refractivity contribution >= 4 is 18.3 Å². The van der Waals surface area contributed by atoms with Crippen LogP contribution in [0.25, 0.3) is 0 Å². The molecule has 0 heterocycles. The van der Waals surface area contributed by atoms with Gasteiger partial charge in [0.25, 0.3) is 0 Å². The largest absolute Gasteiger partial charge is 0.461 e. The number of carbonyl (C=O) groups is 3. The van der Waals surface area contributed by atoms with E-state index in [-0.39, 0.29) is 19.6 Å². The number of hydrogen-bond acceptors (Lipinski definition) is 5. The summed E-state index contributed by atoms with van der Waals surface area (Å²) in [5.74, 6) is -0.579. The van der Waals surface area contributed by atoms with Crippen LogP contribution in [0.4, 0.5) is 4.79 Å². The summed E-state index contributed by atoms with van der Waals surface area (Å²) < 4.78 is 10.1. The van der Waals surface area contributed by atoms with E-state index in [1.807, 2.05) is 60.7 Å². The monoisotopic (exact) mass is 341 g/mol. The Morgan fingerprint density at radius 3 is 1.92 bits per heavy atom. The summed E-state index contributed by atoms with van der Waals surface area (Å²) in [6.07, 6.45) is -0.540. The van der Waals surface area contributed by atoms with Gasteiger partial charge in [-0.25, -0.2) is 4.79 Å². The highest BCUT2D eigenvalue weighted by atomic mass is 16.5. The highest BCUT2D eigenvalue weighted by Gasteiger charge is 2.17. The maximum Gasteiger partial charge on any atom is 0.408 e. The molecule has 0 unspecified atom stereocenters. The molecule has 25 heavy (non-hydrogen) atoms. The first-order valence-electron chi connectivity index (χ1n) is 7.79. The summed E-state index contributed by atoms with van der Waals surface area (Å²) in [4.78, 5) is 34.5. The summed E-state index contributed by atoms with van der Waals surface area (Å²) in [5, 5.41) is 2.34. The van der Waals surface area contributed by atoms with Crippen LogP contribution in [0.2, 0.25) is 0 Å². The number of hydrogen-bond donors (Lipinski definition) is 1. The Kier molecular flexibility index (Phi) is 7.18.